The molecule has 1 aromatic heterocycles. The molecule has 0 unspecified atom stereocenters. The predicted octanol–water partition coefficient (Wildman–Crippen LogP) is -0.561. The van der Waals surface area contributed by atoms with Gasteiger partial charge >= 0.3 is 0 Å². The van der Waals surface area contributed by atoms with Crippen LogP contribution in [-0.4, -0.2) is 76.6 Å². The average molecular weight is 330 g/mol. The van der Waals surface area contributed by atoms with Crippen LogP contribution >= 0.6 is 0 Å². The van der Waals surface area contributed by atoms with E-state index < -0.39 is 15.9 Å². The summed E-state index contributed by atoms with van der Waals surface area (Å²) < 4.78 is 23.6. The number of sulfonamides is 1. The monoisotopic (exact) mass is 330 g/mol. The van der Waals surface area contributed by atoms with Crippen LogP contribution in [0.15, 0.2) is 6.20 Å². The SMILES string of the molecule is CN(C)c1ncc(NC(=O)CN(C)S(C)(=O)=O)c(N(C)C)n1. The minimum absolute atomic E-state index is 0.277. The van der Waals surface area contributed by atoms with Gasteiger partial charge in [0, 0.05) is 35.2 Å². The Labute approximate surface area is 131 Å². The molecule has 124 valence electrons. The smallest absolute Gasteiger partial charge is 0.239 e. The molecule has 1 aromatic rings. The Morgan fingerprint density at radius 1 is 1.18 bits per heavy atom. The summed E-state index contributed by atoms with van der Waals surface area (Å²) in [6.45, 7) is -0.277. The summed E-state index contributed by atoms with van der Waals surface area (Å²) in [5.41, 5.74) is 0.419. The molecule has 0 bridgehead atoms. The maximum absolute atomic E-state index is 12.0. The molecule has 0 aliphatic rings. The number of hydrogen-bond donors (Lipinski definition) is 1. The minimum Gasteiger partial charge on any atom is -0.361 e. The van der Waals surface area contributed by atoms with Crippen molar-refractivity contribution in [1.29, 1.82) is 0 Å². The van der Waals surface area contributed by atoms with Crippen molar-refractivity contribution in [2.75, 3.05) is 63.2 Å². The van der Waals surface area contributed by atoms with Crippen molar-refractivity contribution in [3.63, 3.8) is 0 Å². The molecule has 1 N–H and O–H groups in total. The molecule has 1 rings (SSSR count). The van der Waals surface area contributed by atoms with Gasteiger partial charge < -0.3 is 15.1 Å². The van der Waals surface area contributed by atoms with Crippen LogP contribution in [0.1, 0.15) is 0 Å². The van der Waals surface area contributed by atoms with E-state index in [-0.39, 0.29) is 6.54 Å². The maximum Gasteiger partial charge on any atom is 0.239 e. The summed E-state index contributed by atoms with van der Waals surface area (Å²) in [5, 5.41) is 2.63. The lowest BCUT2D eigenvalue weighted by Gasteiger charge is -2.20. The third-order valence-electron chi connectivity index (χ3n) is 2.79. The molecule has 0 aliphatic heterocycles. The third-order valence-corrected chi connectivity index (χ3v) is 4.05. The Morgan fingerprint density at radius 3 is 2.23 bits per heavy atom. The summed E-state index contributed by atoms with van der Waals surface area (Å²) in [7, 11) is 5.14. The van der Waals surface area contributed by atoms with Crippen LogP contribution in [0.25, 0.3) is 0 Å². The number of rotatable bonds is 6. The number of carbonyl (C=O) groups excluding carboxylic acids is 1. The number of nitrogens with one attached hydrogen (secondary N) is 1. The summed E-state index contributed by atoms with van der Waals surface area (Å²) in [6, 6.07) is 0. The number of anilines is 3. The van der Waals surface area contributed by atoms with Gasteiger partial charge in [0.15, 0.2) is 5.82 Å². The van der Waals surface area contributed by atoms with Gasteiger partial charge in [-0.2, -0.15) is 9.29 Å². The van der Waals surface area contributed by atoms with E-state index in [1.807, 2.05) is 14.1 Å². The first-order valence-corrected chi connectivity index (χ1v) is 8.30. The van der Waals surface area contributed by atoms with Crippen molar-refractivity contribution in [3.8, 4) is 0 Å². The molecule has 0 saturated heterocycles. The van der Waals surface area contributed by atoms with Crippen LogP contribution in [0.5, 0.6) is 0 Å². The first-order chi connectivity index (χ1) is 10.0. The highest BCUT2D eigenvalue weighted by Crippen LogP contribution is 2.22. The van der Waals surface area contributed by atoms with Gasteiger partial charge in [-0.3, -0.25) is 4.79 Å². The van der Waals surface area contributed by atoms with Crippen LogP contribution in [0, 0.1) is 0 Å². The lowest BCUT2D eigenvalue weighted by molar-refractivity contribution is -0.116. The number of hydrogen-bond acceptors (Lipinski definition) is 7. The van der Waals surface area contributed by atoms with Crippen LogP contribution < -0.4 is 15.1 Å². The van der Waals surface area contributed by atoms with Gasteiger partial charge in [0.25, 0.3) is 0 Å². The zero-order valence-electron chi connectivity index (χ0n) is 13.7. The minimum atomic E-state index is -3.41. The second-order valence-corrected chi connectivity index (χ2v) is 7.35. The molecule has 0 atom stereocenters. The molecule has 0 radical (unpaired) electrons. The molecule has 0 spiro atoms. The summed E-state index contributed by atoms with van der Waals surface area (Å²) in [6.07, 6.45) is 2.54. The summed E-state index contributed by atoms with van der Waals surface area (Å²) >= 11 is 0. The zero-order chi connectivity index (χ0) is 17.1. The molecule has 1 amide bonds. The Balaban J connectivity index is 2.95. The molecule has 0 saturated carbocycles. The van der Waals surface area contributed by atoms with Crippen molar-refractivity contribution in [1.82, 2.24) is 14.3 Å². The van der Waals surface area contributed by atoms with Gasteiger partial charge in [0.1, 0.15) is 5.69 Å². The predicted molar refractivity (Wildman–Crippen MR) is 86.8 cm³/mol. The highest BCUT2D eigenvalue weighted by Gasteiger charge is 2.17. The van der Waals surface area contributed by atoms with Gasteiger partial charge in [-0.05, 0) is 0 Å². The Bertz CT molecular complexity index is 644. The summed E-state index contributed by atoms with van der Waals surface area (Å²) in [5.74, 6) is 0.584. The summed E-state index contributed by atoms with van der Waals surface area (Å²) in [4.78, 5) is 23.9. The quantitative estimate of drug-likeness (QED) is 0.746. The third kappa shape index (κ3) is 4.81. The van der Waals surface area contributed by atoms with E-state index in [4.69, 9.17) is 0 Å². The lowest BCUT2D eigenvalue weighted by Crippen LogP contribution is -2.34. The van der Waals surface area contributed by atoms with Crippen molar-refractivity contribution < 1.29 is 13.2 Å². The van der Waals surface area contributed by atoms with E-state index in [2.05, 4.69) is 15.3 Å². The molecule has 0 aromatic carbocycles. The molecule has 22 heavy (non-hydrogen) atoms. The first kappa shape index (κ1) is 18.1. The van der Waals surface area contributed by atoms with Crippen molar-refractivity contribution in [3.05, 3.63) is 6.20 Å². The fraction of sp³-hybridized carbons (Fsp3) is 0.583. The number of amides is 1. The van der Waals surface area contributed by atoms with Gasteiger partial charge in [0.2, 0.25) is 21.9 Å². The van der Waals surface area contributed by atoms with E-state index in [0.29, 0.717) is 17.5 Å². The van der Waals surface area contributed by atoms with Crippen LogP contribution in [-0.2, 0) is 14.8 Å². The average Bonchev–Trinajstić information content (AvgIpc) is 2.37. The van der Waals surface area contributed by atoms with Crippen molar-refractivity contribution in [2.45, 2.75) is 0 Å². The molecule has 0 fully saturated rings. The molecule has 0 aliphatic carbocycles. The molecule has 1 heterocycles. The van der Waals surface area contributed by atoms with Crippen molar-refractivity contribution >= 4 is 33.4 Å². The van der Waals surface area contributed by atoms with Gasteiger partial charge in [0.05, 0.1) is 19.0 Å². The molecule has 10 heteroatoms. The number of likely N-dealkylation sites (N-methyl/N-ethyl adjacent to an activating group) is 1. The Morgan fingerprint density at radius 2 is 1.77 bits per heavy atom. The highest BCUT2D eigenvalue weighted by atomic mass is 32.2. The van der Waals surface area contributed by atoms with Gasteiger partial charge in [-0.15, -0.1) is 0 Å². The van der Waals surface area contributed by atoms with E-state index >= 15 is 0 Å². The molecular formula is C12H22N6O3S. The number of aromatic nitrogens is 2. The van der Waals surface area contributed by atoms with Gasteiger partial charge in [-0.25, -0.2) is 13.4 Å². The number of nitrogens with zero attached hydrogens (tertiary/aromatic N) is 5. The lowest BCUT2D eigenvalue weighted by atomic mass is 10.4. The Hall–Kier alpha value is -1.94. The first-order valence-electron chi connectivity index (χ1n) is 6.45. The largest absolute Gasteiger partial charge is 0.361 e. The number of carbonyl (C=O) groups is 1. The fourth-order valence-electron chi connectivity index (χ4n) is 1.52. The van der Waals surface area contributed by atoms with Crippen LogP contribution in [0.4, 0.5) is 17.5 Å². The second-order valence-electron chi connectivity index (χ2n) is 5.26. The standard InChI is InChI=1S/C12H22N6O3S/c1-16(2)11-9(7-13-12(15-11)17(3)4)14-10(19)8-18(5)22(6,20)21/h7H,8H2,1-6H3,(H,14,19). The van der Waals surface area contributed by atoms with E-state index in [1.165, 1.54) is 13.2 Å². The van der Waals surface area contributed by atoms with Gasteiger partial charge in [-0.1, -0.05) is 0 Å². The highest BCUT2D eigenvalue weighted by molar-refractivity contribution is 7.88. The fourth-order valence-corrected chi connectivity index (χ4v) is 1.87. The van der Waals surface area contributed by atoms with Crippen LogP contribution in [0.3, 0.4) is 0 Å². The Kier molecular flexibility index (Phi) is 5.66. The normalized spacial score (nSPS) is 11.4. The van der Waals surface area contributed by atoms with E-state index in [1.54, 1.807) is 23.9 Å². The zero-order valence-corrected chi connectivity index (χ0v) is 14.5. The van der Waals surface area contributed by atoms with Crippen LogP contribution in [0.2, 0.25) is 0 Å². The maximum atomic E-state index is 12.0. The molecular weight excluding hydrogens is 308 g/mol. The topological polar surface area (TPSA) is 98.7 Å². The van der Waals surface area contributed by atoms with E-state index in [0.717, 1.165) is 10.6 Å². The second kappa shape index (κ2) is 6.88. The van der Waals surface area contributed by atoms with Crippen molar-refractivity contribution in [2.24, 2.45) is 0 Å². The molecule has 9 nitrogen and oxygen atoms in total. The van der Waals surface area contributed by atoms with E-state index in [9.17, 15) is 13.2 Å².